The third-order valence-electron chi connectivity index (χ3n) is 3.11. The molecule has 0 radical (unpaired) electrons. The maximum absolute atomic E-state index is 11.9. The Hall–Kier alpha value is -1.55. The summed E-state index contributed by atoms with van der Waals surface area (Å²) < 4.78 is 5.31. The molecule has 1 aliphatic carbocycles. The van der Waals surface area contributed by atoms with Crippen molar-refractivity contribution in [3.05, 3.63) is 23.3 Å². The van der Waals surface area contributed by atoms with Crippen molar-refractivity contribution in [1.29, 1.82) is 0 Å². The molecule has 3 N–H and O–H groups in total. The predicted molar refractivity (Wildman–Crippen MR) is 67.3 cm³/mol. The fraction of sp³-hybridized carbons (Fsp3) is 0.462. The molecule has 17 heavy (non-hydrogen) atoms. The molecule has 1 aliphatic rings. The van der Waals surface area contributed by atoms with Crippen molar-refractivity contribution in [3.8, 4) is 5.75 Å². The van der Waals surface area contributed by atoms with Crippen LogP contribution in [0.25, 0.3) is 0 Å². The van der Waals surface area contributed by atoms with E-state index in [0.29, 0.717) is 11.4 Å². The maximum atomic E-state index is 11.9. The Kier molecular flexibility index (Phi) is 2.83. The molecule has 0 spiro atoms. The van der Waals surface area contributed by atoms with E-state index in [1.54, 1.807) is 7.11 Å². The van der Waals surface area contributed by atoms with Crippen LogP contribution in [-0.2, 0) is 4.79 Å². The second-order valence-corrected chi connectivity index (χ2v) is 4.77. The molecule has 0 unspecified atom stereocenters. The fourth-order valence-electron chi connectivity index (χ4n) is 1.93. The van der Waals surface area contributed by atoms with Gasteiger partial charge in [-0.1, -0.05) is 6.07 Å². The van der Waals surface area contributed by atoms with Gasteiger partial charge >= 0.3 is 0 Å². The van der Waals surface area contributed by atoms with Crippen molar-refractivity contribution in [3.63, 3.8) is 0 Å². The van der Waals surface area contributed by atoms with Gasteiger partial charge in [-0.25, -0.2) is 0 Å². The van der Waals surface area contributed by atoms with Gasteiger partial charge in [0.05, 0.1) is 18.3 Å². The highest BCUT2D eigenvalue weighted by Gasteiger charge is 2.46. The lowest BCUT2D eigenvalue weighted by Gasteiger charge is -2.15. The second kappa shape index (κ2) is 4.04. The van der Waals surface area contributed by atoms with Crippen LogP contribution in [0.3, 0.4) is 0 Å². The number of ether oxygens (including phenoxy) is 1. The summed E-state index contributed by atoms with van der Waals surface area (Å²) in [5.41, 5.74) is 7.98. The summed E-state index contributed by atoms with van der Waals surface area (Å²) in [5, 5.41) is 2.86. The van der Waals surface area contributed by atoms with E-state index in [9.17, 15) is 4.79 Å². The van der Waals surface area contributed by atoms with Gasteiger partial charge in [0, 0.05) is 0 Å². The van der Waals surface area contributed by atoms with Crippen LogP contribution in [-0.4, -0.2) is 18.6 Å². The van der Waals surface area contributed by atoms with E-state index >= 15 is 0 Å². The van der Waals surface area contributed by atoms with Gasteiger partial charge in [0.15, 0.2) is 0 Å². The molecule has 0 aromatic heterocycles. The zero-order valence-electron chi connectivity index (χ0n) is 10.5. The van der Waals surface area contributed by atoms with Crippen LogP contribution in [0.2, 0.25) is 0 Å². The number of aryl methyl sites for hydroxylation is 2. The first-order chi connectivity index (χ1) is 7.96. The van der Waals surface area contributed by atoms with Crippen molar-refractivity contribution in [2.75, 3.05) is 12.4 Å². The number of methoxy groups -OCH3 is 1. The maximum Gasteiger partial charge on any atom is 0.244 e. The number of hydrogen-bond acceptors (Lipinski definition) is 3. The molecule has 0 saturated heterocycles. The molecule has 0 heterocycles. The van der Waals surface area contributed by atoms with E-state index < -0.39 is 5.54 Å². The number of rotatable bonds is 3. The minimum absolute atomic E-state index is 0.124. The Morgan fingerprint density at radius 1 is 1.41 bits per heavy atom. The molecule has 2 rings (SSSR count). The lowest BCUT2D eigenvalue weighted by Crippen LogP contribution is -2.37. The van der Waals surface area contributed by atoms with Gasteiger partial charge in [-0.2, -0.15) is 0 Å². The van der Waals surface area contributed by atoms with Crippen molar-refractivity contribution in [2.45, 2.75) is 32.2 Å². The van der Waals surface area contributed by atoms with E-state index in [1.165, 1.54) is 0 Å². The zero-order chi connectivity index (χ0) is 12.6. The molecule has 4 nitrogen and oxygen atoms in total. The number of amides is 1. The second-order valence-electron chi connectivity index (χ2n) is 4.77. The van der Waals surface area contributed by atoms with Gasteiger partial charge in [-0.15, -0.1) is 0 Å². The third-order valence-corrected chi connectivity index (χ3v) is 3.11. The smallest absolute Gasteiger partial charge is 0.244 e. The van der Waals surface area contributed by atoms with Gasteiger partial charge in [-0.05, 0) is 43.9 Å². The number of carbonyl (C=O) groups excluding carboxylic acids is 1. The number of carbonyl (C=O) groups is 1. The molecule has 0 bridgehead atoms. The fourth-order valence-corrected chi connectivity index (χ4v) is 1.93. The van der Waals surface area contributed by atoms with Gasteiger partial charge in [0.25, 0.3) is 0 Å². The van der Waals surface area contributed by atoms with Crippen LogP contribution >= 0.6 is 0 Å². The molecule has 4 heteroatoms. The molecule has 1 fully saturated rings. The van der Waals surface area contributed by atoms with Gasteiger partial charge < -0.3 is 15.8 Å². The highest BCUT2D eigenvalue weighted by Crippen LogP contribution is 2.36. The van der Waals surface area contributed by atoms with E-state index in [4.69, 9.17) is 10.5 Å². The van der Waals surface area contributed by atoms with E-state index in [0.717, 1.165) is 24.0 Å². The summed E-state index contributed by atoms with van der Waals surface area (Å²) in [7, 11) is 1.60. The van der Waals surface area contributed by atoms with E-state index in [-0.39, 0.29) is 5.91 Å². The lowest BCUT2D eigenvalue weighted by atomic mass is 10.1. The van der Waals surface area contributed by atoms with Crippen molar-refractivity contribution < 1.29 is 9.53 Å². The highest BCUT2D eigenvalue weighted by atomic mass is 16.5. The Morgan fingerprint density at radius 2 is 2.06 bits per heavy atom. The van der Waals surface area contributed by atoms with Crippen molar-refractivity contribution in [2.24, 2.45) is 5.73 Å². The molecule has 1 saturated carbocycles. The summed E-state index contributed by atoms with van der Waals surface area (Å²) >= 11 is 0. The summed E-state index contributed by atoms with van der Waals surface area (Å²) in [5.74, 6) is 0.578. The number of anilines is 1. The summed E-state index contributed by atoms with van der Waals surface area (Å²) in [6.45, 7) is 3.94. The number of benzene rings is 1. The van der Waals surface area contributed by atoms with Crippen LogP contribution in [0, 0.1) is 13.8 Å². The highest BCUT2D eigenvalue weighted by molar-refractivity contribution is 6.01. The summed E-state index contributed by atoms with van der Waals surface area (Å²) in [6, 6.07) is 3.92. The number of nitrogens with two attached hydrogens (primary N) is 1. The van der Waals surface area contributed by atoms with Crippen LogP contribution in [0.15, 0.2) is 12.1 Å². The van der Waals surface area contributed by atoms with E-state index in [1.807, 2.05) is 26.0 Å². The normalized spacial score (nSPS) is 16.5. The Bertz CT molecular complexity index is 465. The first-order valence-corrected chi connectivity index (χ1v) is 5.72. The number of nitrogens with one attached hydrogen (secondary N) is 1. The third kappa shape index (κ3) is 2.26. The van der Waals surface area contributed by atoms with E-state index in [2.05, 4.69) is 5.32 Å². The van der Waals surface area contributed by atoms with Crippen LogP contribution in [0.5, 0.6) is 5.75 Å². The topological polar surface area (TPSA) is 64.3 Å². The summed E-state index contributed by atoms with van der Waals surface area (Å²) in [6.07, 6.45) is 1.51. The molecule has 0 atom stereocenters. The largest absolute Gasteiger partial charge is 0.494 e. The minimum Gasteiger partial charge on any atom is -0.494 e. The molecule has 1 amide bonds. The minimum atomic E-state index is -0.664. The molecule has 1 aromatic carbocycles. The first kappa shape index (κ1) is 11.9. The predicted octanol–water partition coefficient (Wildman–Crippen LogP) is 1.74. The SMILES string of the molecule is COc1c(C)cc(C)cc1NC(=O)C1(N)CC1. The molecule has 1 aromatic rings. The van der Waals surface area contributed by atoms with Crippen LogP contribution in [0.1, 0.15) is 24.0 Å². The Morgan fingerprint density at radius 3 is 2.59 bits per heavy atom. The van der Waals surface area contributed by atoms with Gasteiger partial charge in [0.2, 0.25) is 5.91 Å². The molecular formula is C13H18N2O2. The Labute approximate surface area is 101 Å². The average molecular weight is 234 g/mol. The molecule has 92 valence electrons. The molecule has 0 aliphatic heterocycles. The lowest BCUT2D eigenvalue weighted by molar-refractivity contribution is -0.118. The van der Waals surface area contributed by atoms with Gasteiger partial charge in [-0.3, -0.25) is 4.79 Å². The van der Waals surface area contributed by atoms with Gasteiger partial charge in [0.1, 0.15) is 5.75 Å². The zero-order valence-corrected chi connectivity index (χ0v) is 10.5. The molecular weight excluding hydrogens is 216 g/mol. The van der Waals surface area contributed by atoms with Crippen molar-refractivity contribution >= 4 is 11.6 Å². The average Bonchev–Trinajstić information content (AvgIpc) is 2.97. The van der Waals surface area contributed by atoms with Crippen molar-refractivity contribution in [1.82, 2.24) is 0 Å². The number of hydrogen-bond donors (Lipinski definition) is 2. The monoisotopic (exact) mass is 234 g/mol. The quantitative estimate of drug-likeness (QED) is 0.837. The summed E-state index contributed by atoms with van der Waals surface area (Å²) in [4.78, 5) is 11.9. The van der Waals surface area contributed by atoms with Crippen LogP contribution < -0.4 is 15.8 Å². The Balaban J connectivity index is 2.28. The first-order valence-electron chi connectivity index (χ1n) is 5.72. The van der Waals surface area contributed by atoms with Crippen LogP contribution in [0.4, 0.5) is 5.69 Å². The standard InChI is InChI=1S/C13H18N2O2/c1-8-6-9(2)11(17-3)10(7-8)15-12(16)13(14)4-5-13/h6-7H,4-5,14H2,1-3H3,(H,15,16).